The Morgan fingerprint density at radius 2 is 1.67 bits per heavy atom. The van der Waals surface area contributed by atoms with E-state index in [4.69, 9.17) is 29.2 Å². The highest BCUT2D eigenvalue weighted by atomic mass is 32.1. The molecule has 4 heterocycles. The van der Waals surface area contributed by atoms with E-state index in [-0.39, 0.29) is 0 Å². The normalized spacial score (nSPS) is 13.7. The second-order valence-electron chi connectivity index (χ2n) is 8.42. The number of furan rings is 1. The van der Waals surface area contributed by atoms with Crippen LogP contribution in [0.2, 0.25) is 0 Å². The molecule has 9 nitrogen and oxygen atoms in total. The fraction of sp³-hybridized carbons (Fsp3) is 0.435. The van der Waals surface area contributed by atoms with Crippen LogP contribution in [0.25, 0.3) is 0 Å². The molecule has 1 aliphatic heterocycles. The largest absolute Gasteiger partial charge is 0.490 e. The zero-order valence-electron chi connectivity index (χ0n) is 20.8. The Bertz CT molecular complexity index is 1180. The lowest BCUT2D eigenvalue weighted by atomic mass is 10.3. The Hall–Kier alpha value is -3.37. The van der Waals surface area contributed by atoms with Gasteiger partial charge in [0.25, 0.3) is 0 Å². The molecule has 39 heavy (non-hydrogen) atoms. The maximum absolute atomic E-state index is 10.6. The minimum atomic E-state index is -5.08. The van der Waals surface area contributed by atoms with E-state index in [1.165, 1.54) is 15.6 Å². The molecule has 3 aromatic heterocycles. The van der Waals surface area contributed by atoms with Gasteiger partial charge in [0.1, 0.15) is 11.6 Å². The predicted molar refractivity (Wildman–Crippen MR) is 127 cm³/mol. The molecule has 0 atom stereocenters. The van der Waals surface area contributed by atoms with E-state index in [2.05, 4.69) is 46.7 Å². The molecule has 0 unspecified atom stereocenters. The molecular weight excluding hydrogens is 558 g/mol. The molecule has 4 rings (SSSR count). The number of alkyl halides is 6. The number of aliphatic carboxylic acids is 2. The van der Waals surface area contributed by atoms with Crippen LogP contribution in [0.4, 0.5) is 26.3 Å². The van der Waals surface area contributed by atoms with Gasteiger partial charge in [0.15, 0.2) is 0 Å². The first-order chi connectivity index (χ1) is 18.0. The van der Waals surface area contributed by atoms with Gasteiger partial charge in [-0.2, -0.15) is 26.3 Å². The second-order valence-corrected chi connectivity index (χ2v) is 9.79. The van der Waals surface area contributed by atoms with Crippen LogP contribution >= 0.6 is 11.3 Å². The summed E-state index contributed by atoms with van der Waals surface area (Å²) in [5.74, 6) is -3.34. The minimum Gasteiger partial charge on any atom is -0.475 e. The molecule has 0 amide bonds. The van der Waals surface area contributed by atoms with Crippen molar-refractivity contribution in [3.63, 3.8) is 0 Å². The molecule has 0 aliphatic carbocycles. The van der Waals surface area contributed by atoms with Gasteiger partial charge in [-0.1, -0.05) is 0 Å². The van der Waals surface area contributed by atoms with Gasteiger partial charge in [-0.15, -0.1) is 11.3 Å². The van der Waals surface area contributed by atoms with Gasteiger partial charge in [-0.3, -0.25) is 9.80 Å². The van der Waals surface area contributed by atoms with E-state index in [1.54, 1.807) is 6.26 Å². The van der Waals surface area contributed by atoms with Crippen molar-refractivity contribution in [3.8, 4) is 0 Å². The van der Waals surface area contributed by atoms with Crippen LogP contribution in [0.3, 0.4) is 0 Å². The number of nitrogens with zero attached hydrogens (tertiary/aromatic N) is 4. The van der Waals surface area contributed by atoms with Gasteiger partial charge in [0.05, 0.1) is 25.0 Å². The van der Waals surface area contributed by atoms with Crippen LogP contribution in [0.1, 0.15) is 27.0 Å². The molecule has 0 radical (unpaired) electrons. The molecule has 0 fully saturated rings. The number of carbonyl (C=O) groups is 2. The number of aromatic nitrogens is 2. The first-order valence-corrected chi connectivity index (χ1v) is 12.0. The number of hydrogen-bond donors (Lipinski definition) is 2. The van der Waals surface area contributed by atoms with Crippen LogP contribution in [0.15, 0.2) is 41.1 Å². The lowest BCUT2D eigenvalue weighted by Gasteiger charge is -2.26. The van der Waals surface area contributed by atoms with Crippen molar-refractivity contribution >= 4 is 23.3 Å². The number of rotatable bonds is 6. The highest BCUT2D eigenvalue weighted by Gasteiger charge is 2.38. The van der Waals surface area contributed by atoms with E-state index in [1.807, 2.05) is 23.5 Å². The molecule has 216 valence electrons. The summed E-state index contributed by atoms with van der Waals surface area (Å²) in [4.78, 5) is 30.2. The smallest absolute Gasteiger partial charge is 0.475 e. The lowest BCUT2D eigenvalue weighted by Crippen LogP contribution is -2.32. The van der Waals surface area contributed by atoms with Crippen LogP contribution in [0.5, 0.6) is 0 Å². The van der Waals surface area contributed by atoms with Crippen molar-refractivity contribution in [1.82, 2.24) is 19.4 Å². The summed E-state index contributed by atoms with van der Waals surface area (Å²) >= 11 is 1.89. The third-order valence-electron chi connectivity index (χ3n) is 5.03. The van der Waals surface area contributed by atoms with Crippen molar-refractivity contribution in [1.29, 1.82) is 0 Å². The van der Waals surface area contributed by atoms with Crippen LogP contribution in [-0.4, -0.2) is 67.4 Å². The summed E-state index contributed by atoms with van der Waals surface area (Å²) < 4.78 is 71.2. The Kier molecular flexibility index (Phi) is 11.1. The molecule has 0 bridgehead atoms. The minimum absolute atomic E-state index is 0.805. The summed E-state index contributed by atoms with van der Waals surface area (Å²) in [5, 5.41) is 14.2. The summed E-state index contributed by atoms with van der Waals surface area (Å²) in [6.07, 6.45) is -6.23. The summed E-state index contributed by atoms with van der Waals surface area (Å²) in [6, 6.07) is 8.40. The molecule has 2 N–H and O–H groups in total. The number of aryl methyl sites for hydroxylation is 1. The average Bonchev–Trinajstić information content (AvgIpc) is 3.54. The monoisotopic (exact) mass is 584 g/mol. The van der Waals surface area contributed by atoms with E-state index in [0.29, 0.717) is 0 Å². The summed E-state index contributed by atoms with van der Waals surface area (Å²) in [6.45, 7) is 7.88. The van der Waals surface area contributed by atoms with Crippen LogP contribution in [0, 0.1) is 6.92 Å². The van der Waals surface area contributed by atoms with Gasteiger partial charge >= 0.3 is 24.3 Å². The topological polar surface area (TPSA) is 112 Å². The number of hydrogen-bond acceptors (Lipinski definition) is 7. The Balaban J connectivity index is 0.000000317. The molecule has 0 spiro atoms. The standard InChI is InChI=1S/C19H24N4OS.2C2HF3O2/c1-15-5-6-18(25-15)13-22-7-8-23-11-16(20-19(23)14-22)10-21(2)12-17-4-3-9-24-17;2*3-2(4,5)1(6)7/h3-6,9,11H,7-8,10,12-14H2,1-2H3;2*(H,6,7). The van der Waals surface area contributed by atoms with Gasteiger partial charge in [-0.05, 0) is 38.2 Å². The van der Waals surface area contributed by atoms with Crippen molar-refractivity contribution in [2.45, 2.75) is 52.0 Å². The SMILES string of the molecule is Cc1ccc(CN2CCn3cc(CN(C)Cc4ccco4)nc3C2)s1.O=C(O)C(F)(F)F.O=C(O)C(F)(F)F. The molecule has 0 saturated carbocycles. The number of halogens is 6. The van der Waals surface area contributed by atoms with Crippen molar-refractivity contribution in [3.05, 3.63) is 63.8 Å². The van der Waals surface area contributed by atoms with Crippen molar-refractivity contribution < 1.29 is 50.6 Å². The van der Waals surface area contributed by atoms with E-state index in [0.717, 1.165) is 50.7 Å². The predicted octanol–water partition coefficient (Wildman–Crippen LogP) is 4.76. The maximum Gasteiger partial charge on any atom is 0.490 e. The van der Waals surface area contributed by atoms with Gasteiger partial charge in [-0.25, -0.2) is 14.6 Å². The van der Waals surface area contributed by atoms with E-state index in [9.17, 15) is 26.3 Å². The third-order valence-corrected chi connectivity index (χ3v) is 6.01. The Morgan fingerprint density at radius 3 is 2.15 bits per heavy atom. The zero-order chi connectivity index (χ0) is 29.4. The fourth-order valence-corrected chi connectivity index (χ4v) is 4.30. The van der Waals surface area contributed by atoms with E-state index >= 15 is 0 Å². The number of imidazole rings is 1. The first-order valence-electron chi connectivity index (χ1n) is 11.2. The van der Waals surface area contributed by atoms with Crippen molar-refractivity contribution in [2.24, 2.45) is 0 Å². The number of carboxylic acids is 2. The number of carboxylic acid groups (broad SMARTS) is 2. The molecule has 1 aliphatic rings. The van der Waals surface area contributed by atoms with Gasteiger partial charge in [0, 0.05) is 42.1 Å². The molecule has 0 saturated heterocycles. The van der Waals surface area contributed by atoms with Crippen molar-refractivity contribution in [2.75, 3.05) is 13.6 Å². The Labute approximate surface area is 222 Å². The maximum atomic E-state index is 10.6. The van der Waals surface area contributed by atoms with Gasteiger partial charge < -0.3 is 19.2 Å². The highest BCUT2D eigenvalue weighted by Crippen LogP contribution is 2.21. The lowest BCUT2D eigenvalue weighted by molar-refractivity contribution is -0.193. The third kappa shape index (κ3) is 11.1. The highest BCUT2D eigenvalue weighted by molar-refractivity contribution is 7.11. The molecular formula is C23H26F6N4O5S. The second kappa shape index (κ2) is 13.6. The average molecular weight is 585 g/mol. The Morgan fingerprint density at radius 1 is 1.05 bits per heavy atom. The molecule has 3 aromatic rings. The molecule has 16 heteroatoms. The number of thiophene rings is 1. The summed E-state index contributed by atoms with van der Waals surface area (Å²) in [7, 11) is 2.10. The zero-order valence-corrected chi connectivity index (χ0v) is 21.6. The summed E-state index contributed by atoms with van der Waals surface area (Å²) in [5.41, 5.74) is 1.14. The molecule has 0 aromatic carbocycles. The van der Waals surface area contributed by atoms with Crippen LogP contribution < -0.4 is 0 Å². The number of fused-ring (bicyclic) bond motifs is 1. The first kappa shape index (κ1) is 31.8. The van der Waals surface area contributed by atoms with E-state index < -0.39 is 24.3 Å². The fourth-order valence-electron chi connectivity index (χ4n) is 3.36. The van der Waals surface area contributed by atoms with Crippen LogP contribution in [-0.2, 0) is 42.3 Å². The quantitative estimate of drug-likeness (QED) is 0.399. The van der Waals surface area contributed by atoms with Gasteiger partial charge in [0.2, 0.25) is 0 Å².